The number of carbonyl (C=O) groups is 1. The molecule has 1 aromatic heterocycles. The van der Waals surface area contributed by atoms with E-state index >= 15 is 0 Å². The van der Waals surface area contributed by atoms with E-state index in [2.05, 4.69) is 20.8 Å². The second-order valence-corrected chi connectivity index (χ2v) is 5.91. The summed E-state index contributed by atoms with van der Waals surface area (Å²) in [5.41, 5.74) is 2.53. The summed E-state index contributed by atoms with van der Waals surface area (Å²) in [6.45, 7) is 6.62. The van der Waals surface area contributed by atoms with E-state index in [4.69, 9.17) is 4.74 Å². The van der Waals surface area contributed by atoms with Crippen LogP contribution in [0.3, 0.4) is 0 Å². The first-order valence-electron chi connectivity index (χ1n) is 7.24. The number of H-pyrrole nitrogens is 1. The highest BCUT2D eigenvalue weighted by molar-refractivity contribution is 5.68. The molecule has 1 amide bonds. The van der Waals surface area contributed by atoms with Crippen molar-refractivity contribution in [2.45, 2.75) is 26.4 Å². The molecule has 22 heavy (non-hydrogen) atoms. The fourth-order valence-corrected chi connectivity index (χ4v) is 1.90. The summed E-state index contributed by atoms with van der Waals surface area (Å²) in [6, 6.07) is 9.91. The topological polar surface area (TPSA) is 79.0 Å². The van der Waals surface area contributed by atoms with Crippen LogP contribution in [0.5, 0.6) is 0 Å². The van der Waals surface area contributed by atoms with Crippen LogP contribution < -0.4 is 10.6 Å². The molecule has 3 N–H and O–H groups in total. The summed E-state index contributed by atoms with van der Waals surface area (Å²) in [7, 11) is 0. The number of nitrogens with one attached hydrogen (secondary N) is 3. The van der Waals surface area contributed by atoms with Crippen LogP contribution in [0.2, 0.25) is 0 Å². The minimum absolute atomic E-state index is 0.402. The van der Waals surface area contributed by atoms with E-state index in [1.807, 2.05) is 51.1 Å². The molecule has 0 aliphatic rings. The van der Waals surface area contributed by atoms with Gasteiger partial charge in [-0.05, 0) is 39.0 Å². The number of nitrogens with zero attached hydrogens (tertiary/aromatic N) is 1. The highest BCUT2D eigenvalue weighted by Gasteiger charge is 2.15. The van der Waals surface area contributed by atoms with Gasteiger partial charge in [-0.25, -0.2) is 4.79 Å². The van der Waals surface area contributed by atoms with Gasteiger partial charge < -0.3 is 15.4 Å². The van der Waals surface area contributed by atoms with Gasteiger partial charge in [0.1, 0.15) is 5.60 Å². The number of aromatic nitrogens is 2. The van der Waals surface area contributed by atoms with Crippen LogP contribution in [-0.2, 0) is 4.74 Å². The number of aromatic amines is 1. The Bertz CT molecular complexity index is 603. The average molecular weight is 302 g/mol. The Hall–Kier alpha value is -2.50. The van der Waals surface area contributed by atoms with Gasteiger partial charge in [0, 0.05) is 30.5 Å². The molecule has 2 aromatic rings. The third kappa shape index (κ3) is 5.12. The second kappa shape index (κ2) is 6.98. The first-order valence-corrected chi connectivity index (χ1v) is 7.24. The summed E-state index contributed by atoms with van der Waals surface area (Å²) >= 11 is 0. The number of amides is 1. The van der Waals surface area contributed by atoms with Crippen molar-refractivity contribution in [3.63, 3.8) is 0 Å². The molecule has 2 rings (SSSR count). The molecule has 0 unspecified atom stereocenters. The summed E-state index contributed by atoms with van der Waals surface area (Å²) in [5, 5.41) is 12.9. The molecule has 0 bridgehead atoms. The van der Waals surface area contributed by atoms with Gasteiger partial charge in [-0.3, -0.25) is 5.10 Å². The van der Waals surface area contributed by atoms with Gasteiger partial charge in [-0.2, -0.15) is 5.10 Å². The van der Waals surface area contributed by atoms with E-state index in [9.17, 15) is 4.79 Å². The number of hydrogen-bond acceptors (Lipinski definition) is 4. The molecule has 6 heteroatoms. The van der Waals surface area contributed by atoms with Gasteiger partial charge in [0.05, 0.1) is 5.69 Å². The van der Waals surface area contributed by atoms with Gasteiger partial charge in [-0.15, -0.1) is 0 Å². The number of rotatable bonds is 5. The maximum absolute atomic E-state index is 11.5. The molecule has 118 valence electrons. The largest absolute Gasteiger partial charge is 0.444 e. The third-order valence-electron chi connectivity index (χ3n) is 2.80. The lowest BCUT2D eigenvalue weighted by atomic mass is 10.1. The van der Waals surface area contributed by atoms with Crippen LogP contribution in [0, 0.1) is 0 Å². The van der Waals surface area contributed by atoms with Gasteiger partial charge in [-0.1, -0.05) is 12.1 Å². The van der Waals surface area contributed by atoms with Crippen molar-refractivity contribution in [2.24, 2.45) is 0 Å². The van der Waals surface area contributed by atoms with Crippen molar-refractivity contribution in [1.29, 1.82) is 0 Å². The first kappa shape index (κ1) is 15.9. The van der Waals surface area contributed by atoms with Crippen molar-refractivity contribution in [2.75, 3.05) is 18.4 Å². The number of alkyl carbamates (subject to hydrolysis) is 1. The predicted molar refractivity (Wildman–Crippen MR) is 86.8 cm³/mol. The van der Waals surface area contributed by atoms with Crippen molar-refractivity contribution in [3.8, 4) is 11.3 Å². The molecular formula is C16H22N4O2. The number of hydrogen-bond donors (Lipinski definition) is 3. The number of anilines is 1. The van der Waals surface area contributed by atoms with E-state index in [1.165, 1.54) is 0 Å². The lowest BCUT2D eigenvalue weighted by molar-refractivity contribution is 0.0530. The van der Waals surface area contributed by atoms with Gasteiger partial charge in [0.15, 0.2) is 0 Å². The number of carbonyl (C=O) groups excluding carboxylic acids is 1. The maximum atomic E-state index is 11.5. The Morgan fingerprint density at radius 2 is 2.09 bits per heavy atom. The molecule has 0 saturated carbocycles. The number of benzene rings is 1. The van der Waals surface area contributed by atoms with Crippen LogP contribution in [0.4, 0.5) is 10.5 Å². The molecule has 1 aromatic carbocycles. The van der Waals surface area contributed by atoms with E-state index in [0.717, 1.165) is 16.9 Å². The van der Waals surface area contributed by atoms with Crippen LogP contribution >= 0.6 is 0 Å². The Morgan fingerprint density at radius 1 is 1.27 bits per heavy atom. The molecule has 0 atom stereocenters. The fourth-order valence-electron chi connectivity index (χ4n) is 1.90. The highest BCUT2D eigenvalue weighted by atomic mass is 16.6. The smallest absolute Gasteiger partial charge is 0.407 e. The second-order valence-electron chi connectivity index (χ2n) is 5.91. The van der Waals surface area contributed by atoms with Gasteiger partial charge in [0.25, 0.3) is 0 Å². The summed E-state index contributed by atoms with van der Waals surface area (Å²) in [5.74, 6) is 0. The van der Waals surface area contributed by atoms with Crippen LogP contribution in [0.15, 0.2) is 36.5 Å². The Balaban J connectivity index is 1.78. The summed E-state index contributed by atoms with van der Waals surface area (Å²) < 4.78 is 5.17. The van der Waals surface area contributed by atoms with Crippen molar-refractivity contribution in [3.05, 3.63) is 36.5 Å². The molecule has 0 spiro atoms. The standard InChI is InChI=1S/C16H22N4O2/c1-16(2,3)22-15(21)18-10-9-17-13-6-4-5-12(11-13)14-7-8-19-20-14/h4-8,11,17H,9-10H2,1-3H3,(H,18,21)(H,19,20). The molecule has 1 heterocycles. The first-order chi connectivity index (χ1) is 10.4. The SMILES string of the molecule is CC(C)(C)OC(=O)NCCNc1cccc(-c2ccn[nH]2)c1. The molecular weight excluding hydrogens is 280 g/mol. The van der Waals surface area contributed by atoms with Crippen LogP contribution in [-0.4, -0.2) is 35.0 Å². The summed E-state index contributed by atoms with van der Waals surface area (Å²) in [4.78, 5) is 11.5. The molecule has 0 fully saturated rings. The minimum Gasteiger partial charge on any atom is -0.444 e. The molecule has 0 aliphatic heterocycles. The molecule has 0 saturated heterocycles. The van der Waals surface area contributed by atoms with E-state index in [0.29, 0.717) is 13.1 Å². The van der Waals surface area contributed by atoms with E-state index in [-0.39, 0.29) is 0 Å². The van der Waals surface area contributed by atoms with Crippen molar-refractivity contribution in [1.82, 2.24) is 15.5 Å². The number of ether oxygens (including phenoxy) is 1. The Labute approximate surface area is 130 Å². The monoisotopic (exact) mass is 302 g/mol. The maximum Gasteiger partial charge on any atom is 0.407 e. The van der Waals surface area contributed by atoms with E-state index in [1.54, 1.807) is 6.20 Å². The zero-order valence-corrected chi connectivity index (χ0v) is 13.1. The molecule has 6 nitrogen and oxygen atoms in total. The van der Waals surface area contributed by atoms with Gasteiger partial charge in [0.2, 0.25) is 0 Å². The fraction of sp³-hybridized carbons (Fsp3) is 0.375. The van der Waals surface area contributed by atoms with Crippen LogP contribution in [0.25, 0.3) is 11.3 Å². The normalized spacial score (nSPS) is 11.0. The Kier molecular flexibility index (Phi) is 5.04. The lowest BCUT2D eigenvalue weighted by Crippen LogP contribution is -2.34. The molecule has 0 radical (unpaired) electrons. The molecule has 0 aliphatic carbocycles. The third-order valence-corrected chi connectivity index (χ3v) is 2.80. The summed E-state index contributed by atoms with van der Waals surface area (Å²) in [6.07, 6.45) is 1.32. The minimum atomic E-state index is -0.476. The Morgan fingerprint density at radius 3 is 2.77 bits per heavy atom. The lowest BCUT2D eigenvalue weighted by Gasteiger charge is -2.19. The van der Waals surface area contributed by atoms with Gasteiger partial charge >= 0.3 is 6.09 Å². The van der Waals surface area contributed by atoms with Crippen molar-refractivity contribution < 1.29 is 9.53 Å². The van der Waals surface area contributed by atoms with Crippen LogP contribution in [0.1, 0.15) is 20.8 Å². The zero-order chi connectivity index (χ0) is 16.0. The average Bonchev–Trinajstić information content (AvgIpc) is 2.96. The van der Waals surface area contributed by atoms with Crippen molar-refractivity contribution >= 4 is 11.8 Å². The van der Waals surface area contributed by atoms with E-state index < -0.39 is 11.7 Å². The zero-order valence-electron chi connectivity index (χ0n) is 13.1. The predicted octanol–water partition coefficient (Wildman–Crippen LogP) is 3.01. The highest BCUT2D eigenvalue weighted by Crippen LogP contribution is 2.19. The quantitative estimate of drug-likeness (QED) is 0.742.